The third-order valence-corrected chi connectivity index (χ3v) is 23.5. The number of hydrogen-bond donors (Lipinski definition) is 3. The molecule has 109 heavy (non-hydrogen) atoms. The average molecular weight is 1590 g/mol. The topological polar surface area (TPSA) is 237 Å². The van der Waals surface area contributed by atoms with E-state index < -0.39 is 97.5 Å². The lowest BCUT2D eigenvalue weighted by Gasteiger charge is -2.21. The normalized spacial score (nSPS) is 13.9. The van der Waals surface area contributed by atoms with Crippen molar-refractivity contribution in [2.75, 3.05) is 39.6 Å². The number of phosphoric ester groups is 2. The lowest BCUT2D eigenvalue weighted by atomic mass is 9.99. The van der Waals surface area contributed by atoms with Crippen molar-refractivity contribution in [3.8, 4) is 0 Å². The number of carbonyl (C=O) groups is 4. The molecule has 0 rings (SSSR count). The summed E-state index contributed by atoms with van der Waals surface area (Å²) in [6, 6.07) is 0. The first kappa shape index (κ1) is 107. The van der Waals surface area contributed by atoms with Crippen LogP contribution in [-0.4, -0.2) is 96.7 Å². The molecule has 0 bridgehead atoms. The van der Waals surface area contributed by atoms with Gasteiger partial charge in [0.25, 0.3) is 0 Å². The molecule has 3 N–H and O–H groups in total. The summed E-state index contributed by atoms with van der Waals surface area (Å²) in [5.41, 5.74) is 0. The molecule has 648 valence electrons. The Bertz CT molecular complexity index is 2070. The first-order valence-corrected chi connectivity index (χ1v) is 49.7. The zero-order valence-corrected chi connectivity index (χ0v) is 73.5. The summed E-state index contributed by atoms with van der Waals surface area (Å²) in [6.45, 7) is 7.41. The number of aliphatic hydroxyl groups is 1. The maximum Gasteiger partial charge on any atom is 0.472 e. The second-order valence-corrected chi connectivity index (χ2v) is 35.5. The molecular formula is C90H176O17P2. The van der Waals surface area contributed by atoms with E-state index in [0.29, 0.717) is 25.7 Å². The quantitative estimate of drug-likeness (QED) is 0.0222. The predicted octanol–water partition coefficient (Wildman–Crippen LogP) is 27.9. The van der Waals surface area contributed by atoms with Crippen molar-refractivity contribution in [3.05, 3.63) is 0 Å². The van der Waals surface area contributed by atoms with Gasteiger partial charge in [-0.1, -0.05) is 439 Å². The summed E-state index contributed by atoms with van der Waals surface area (Å²) >= 11 is 0. The number of esters is 4. The molecule has 19 heteroatoms. The highest BCUT2D eigenvalue weighted by atomic mass is 31.2. The summed E-state index contributed by atoms with van der Waals surface area (Å²) in [5.74, 6) is -1.23. The van der Waals surface area contributed by atoms with Crippen LogP contribution in [-0.2, 0) is 65.4 Å². The van der Waals surface area contributed by atoms with Crippen LogP contribution in [0.25, 0.3) is 0 Å². The Balaban J connectivity index is 5.14. The molecule has 17 nitrogen and oxygen atoms in total. The Hall–Kier alpha value is -1.94. The predicted molar refractivity (Wildman–Crippen MR) is 451 cm³/mol. The minimum atomic E-state index is -4.97. The molecule has 0 aromatic rings. The van der Waals surface area contributed by atoms with Crippen molar-refractivity contribution in [2.24, 2.45) is 5.92 Å². The molecule has 0 aromatic heterocycles. The van der Waals surface area contributed by atoms with Gasteiger partial charge in [-0.25, -0.2) is 9.13 Å². The van der Waals surface area contributed by atoms with Crippen molar-refractivity contribution in [2.45, 2.75) is 509 Å². The molecule has 0 radical (unpaired) electrons. The molecule has 0 aromatic carbocycles. The van der Waals surface area contributed by atoms with E-state index >= 15 is 0 Å². The second-order valence-electron chi connectivity index (χ2n) is 32.6. The maximum atomic E-state index is 13.2. The lowest BCUT2D eigenvalue weighted by molar-refractivity contribution is -0.161. The van der Waals surface area contributed by atoms with Gasteiger partial charge in [0.1, 0.15) is 19.3 Å². The number of phosphoric acid groups is 2. The Labute approximate surface area is 670 Å². The highest BCUT2D eigenvalue weighted by molar-refractivity contribution is 7.47. The summed E-state index contributed by atoms with van der Waals surface area (Å²) in [7, 11) is -9.93. The van der Waals surface area contributed by atoms with Crippen molar-refractivity contribution in [1.29, 1.82) is 0 Å². The fraction of sp³-hybridized carbons (Fsp3) is 0.956. The van der Waals surface area contributed by atoms with E-state index in [2.05, 4.69) is 34.6 Å². The van der Waals surface area contributed by atoms with E-state index in [-0.39, 0.29) is 25.7 Å². The minimum Gasteiger partial charge on any atom is -0.462 e. The zero-order chi connectivity index (χ0) is 79.7. The SMILES string of the molecule is CCCCCCCCCCCCCCCCCCCCCCCCC(=O)OC[C@H](COP(=O)(O)OC[C@@H](O)COP(=O)(O)OC[C@@H](COC(=O)CCCCCCCCC)OC(=O)CCCCCCCCCCCCCCCCCCCC)OC(=O)CCCCCCCCCCCCCCCCCCCCC(C)CC. The first-order chi connectivity index (χ1) is 53.1. The van der Waals surface area contributed by atoms with Crippen molar-refractivity contribution in [3.63, 3.8) is 0 Å². The molecule has 0 heterocycles. The number of carbonyl (C=O) groups excluding carboxylic acids is 4. The van der Waals surface area contributed by atoms with Gasteiger partial charge < -0.3 is 33.8 Å². The minimum absolute atomic E-state index is 0.109. The van der Waals surface area contributed by atoms with Crippen LogP contribution in [0.5, 0.6) is 0 Å². The summed E-state index contributed by atoms with van der Waals surface area (Å²) < 4.78 is 68.9. The monoisotopic (exact) mass is 1590 g/mol. The lowest BCUT2D eigenvalue weighted by Crippen LogP contribution is -2.30. The first-order valence-electron chi connectivity index (χ1n) is 46.7. The second kappa shape index (κ2) is 82.6. The van der Waals surface area contributed by atoms with Crippen LogP contribution in [0.4, 0.5) is 0 Å². The van der Waals surface area contributed by atoms with E-state index in [1.807, 2.05) is 0 Å². The van der Waals surface area contributed by atoms with E-state index in [1.165, 1.54) is 302 Å². The summed E-state index contributed by atoms with van der Waals surface area (Å²) in [6.07, 6.45) is 78.1. The van der Waals surface area contributed by atoms with Crippen LogP contribution >= 0.6 is 15.6 Å². The molecule has 3 unspecified atom stereocenters. The number of hydrogen-bond acceptors (Lipinski definition) is 15. The van der Waals surface area contributed by atoms with Gasteiger partial charge in [0, 0.05) is 25.7 Å². The number of rotatable bonds is 90. The highest BCUT2D eigenvalue weighted by Gasteiger charge is 2.31. The fourth-order valence-corrected chi connectivity index (χ4v) is 15.7. The smallest absolute Gasteiger partial charge is 0.462 e. The molecule has 0 saturated carbocycles. The average Bonchev–Trinajstić information content (AvgIpc) is 0.905. The van der Waals surface area contributed by atoms with Gasteiger partial charge in [0.15, 0.2) is 12.2 Å². The molecule has 0 aliphatic carbocycles. The van der Waals surface area contributed by atoms with Crippen LogP contribution in [0.2, 0.25) is 0 Å². The van der Waals surface area contributed by atoms with Crippen molar-refractivity contribution in [1.82, 2.24) is 0 Å². The third kappa shape index (κ3) is 82.4. The molecule has 0 saturated heterocycles. The van der Waals surface area contributed by atoms with Gasteiger partial charge in [-0.05, 0) is 31.6 Å². The summed E-state index contributed by atoms with van der Waals surface area (Å²) in [5, 5.41) is 10.7. The van der Waals surface area contributed by atoms with Crippen molar-refractivity contribution < 1.29 is 80.2 Å². The van der Waals surface area contributed by atoms with Crippen LogP contribution in [0.1, 0.15) is 490 Å². The Morgan fingerprint density at radius 1 is 0.257 bits per heavy atom. The Morgan fingerprint density at radius 2 is 0.440 bits per heavy atom. The van der Waals surface area contributed by atoms with Gasteiger partial charge >= 0.3 is 39.5 Å². The molecule has 0 aliphatic rings. The number of ether oxygens (including phenoxy) is 4. The van der Waals surface area contributed by atoms with E-state index in [0.717, 1.165) is 109 Å². The summed E-state index contributed by atoms with van der Waals surface area (Å²) in [4.78, 5) is 73.2. The molecule has 0 fully saturated rings. The number of aliphatic hydroxyl groups excluding tert-OH is 1. The zero-order valence-electron chi connectivity index (χ0n) is 71.7. The van der Waals surface area contributed by atoms with Crippen LogP contribution in [0.3, 0.4) is 0 Å². The molecular weight excluding hydrogens is 1410 g/mol. The van der Waals surface area contributed by atoms with E-state index in [1.54, 1.807) is 0 Å². The molecule has 0 amide bonds. The largest absolute Gasteiger partial charge is 0.472 e. The Kier molecular flexibility index (Phi) is 81.1. The molecule has 0 spiro atoms. The van der Waals surface area contributed by atoms with Gasteiger partial charge in [-0.15, -0.1) is 0 Å². The van der Waals surface area contributed by atoms with Gasteiger partial charge in [-0.2, -0.15) is 0 Å². The third-order valence-electron chi connectivity index (χ3n) is 21.6. The van der Waals surface area contributed by atoms with Gasteiger partial charge in [-0.3, -0.25) is 37.3 Å². The van der Waals surface area contributed by atoms with E-state index in [9.17, 15) is 43.2 Å². The maximum absolute atomic E-state index is 13.2. The van der Waals surface area contributed by atoms with Crippen LogP contribution in [0, 0.1) is 5.92 Å². The van der Waals surface area contributed by atoms with Crippen LogP contribution < -0.4 is 0 Å². The fourth-order valence-electron chi connectivity index (χ4n) is 14.1. The van der Waals surface area contributed by atoms with Gasteiger partial charge in [0.05, 0.1) is 26.4 Å². The highest BCUT2D eigenvalue weighted by Crippen LogP contribution is 2.45. The number of unbranched alkanes of at least 4 members (excludes halogenated alkanes) is 61. The van der Waals surface area contributed by atoms with Crippen molar-refractivity contribution >= 4 is 39.5 Å². The standard InChI is InChI=1S/C90H176O17P2/c1-6-10-13-16-19-21-23-25-27-29-31-32-33-34-39-42-46-50-54-59-64-69-74-88(93)101-80-86(107-90(95)76-71-66-61-56-52-48-44-40-36-35-37-41-45-49-53-58-62-67-72-83(5)9-4)82-105-109(98,99)103-78-84(91)77-102-108(96,97)104-81-85(79-100-87(92)73-68-63-57-18-15-12-8-3)106-89(94)75-70-65-60-55-51-47-43-38-30-28-26-24-22-20-17-14-11-7-2/h83-86,91H,6-82H2,1-5H3,(H,96,97)(H,98,99)/t83?,84-,85+,86+/m0/s1. The Morgan fingerprint density at radius 3 is 0.651 bits per heavy atom. The van der Waals surface area contributed by atoms with E-state index in [4.69, 9.17) is 37.0 Å². The molecule has 0 aliphatic heterocycles. The van der Waals surface area contributed by atoms with Crippen LogP contribution in [0.15, 0.2) is 0 Å². The van der Waals surface area contributed by atoms with Gasteiger partial charge in [0.2, 0.25) is 0 Å². The molecule has 6 atom stereocenters.